The standard InChI is InChI=1S/C19H18N6O/c1-9-8-26-17-15(9)11(6-13-16(17)18(20)24-19(21)23-13)10-4-3-5-14-12(10)7-22-25(14)2/h3-7,9H,8H2,1-2H3,(H4,20,21,23,24). The number of nitrogen functional groups attached to an aromatic ring is 2. The molecule has 4 aromatic rings. The summed E-state index contributed by atoms with van der Waals surface area (Å²) in [4.78, 5) is 8.51. The normalized spacial score (nSPS) is 16.2. The third kappa shape index (κ3) is 1.91. The highest BCUT2D eigenvalue weighted by atomic mass is 16.5. The summed E-state index contributed by atoms with van der Waals surface area (Å²) in [5, 5.41) is 6.23. The molecule has 7 heteroatoms. The Morgan fingerprint density at radius 2 is 2.04 bits per heavy atom. The van der Waals surface area contributed by atoms with Gasteiger partial charge in [0.25, 0.3) is 0 Å². The van der Waals surface area contributed by atoms with Gasteiger partial charge in [-0.1, -0.05) is 19.1 Å². The molecule has 3 heterocycles. The van der Waals surface area contributed by atoms with Gasteiger partial charge < -0.3 is 16.2 Å². The molecule has 26 heavy (non-hydrogen) atoms. The second-order valence-corrected chi connectivity index (χ2v) is 6.75. The number of nitrogens with zero attached hydrogens (tertiary/aromatic N) is 4. The van der Waals surface area contributed by atoms with Crippen molar-refractivity contribution in [2.24, 2.45) is 7.05 Å². The Hall–Kier alpha value is -3.35. The molecular formula is C19H18N6O. The predicted octanol–water partition coefficient (Wildman–Crippen LogP) is 2.84. The van der Waals surface area contributed by atoms with E-state index in [2.05, 4.69) is 34.1 Å². The van der Waals surface area contributed by atoms with Crippen LogP contribution in [0.5, 0.6) is 5.75 Å². The average molecular weight is 346 g/mol. The first kappa shape index (κ1) is 14.9. The molecule has 0 aliphatic carbocycles. The number of aryl methyl sites for hydroxylation is 1. The lowest BCUT2D eigenvalue weighted by molar-refractivity contribution is 0.340. The highest BCUT2D eigenvalue weighted by Gasteiger charge is 2.29. The molecule has 5 rings (SSSR count). The monoisotopic (exact) mass is 346 g/mol. The second kappa shape index (κ2) is 5.08. The van der Waals surface area contributed by atoms with Gasteiger partial charge in [0.15, 0.2) is 0 Å². The van der Waals surface area contributed by atoms with Crippen molar-refractivity contribution in [3.8, 4) is 16.9 Å². The van der Waals surface area contributed by atoms with E-state index in [4.69, 9.17) is 16.2 Å². The van der Waals surface area contributed by atoms with Crippen molar-refractivity contribution < 1.29 is 4.74 Å². The van der Waals surface area contributed by atoms with E-state index in [0.29, 0.717) is 17.9 Å². The van der Waals surface area contributed by atoms with E-state index in [9.17, 15) is 0 Å². The molecule has 7 nitrogen and oxygen atoms in total. The van der Waals surface area contributed by atoms with E-state index in [1.165, 1.54) is 0 Å². The summed E-state index contributed by atoms with van der Waals surface area (Å²) in [5.41, 5.74) is 17.0. The largest absolute Gasteiger partial charge is 0.492 e. The fourth-order valence-electron chi connectivity index (χ4n) is 3.89. The zero-order valence-corrected chi connectivity index (χ0v) is 14.5. The maximum atomic E-state index is 6.13. The number of benzene rings is 2. The molecule has 1 aliphatic heterocycles. The lowest BCUT2D eigenvalue weighted by Crippen LogP contribution is -2.02. The fourth-order valence-corrected chi connectivity index (χ4v) is 3.89. The summed E-state index contributed by atoms with van der Waals surface area (Å²) in [5.74, 6) is 1.52. The molecule has 0 radical (unpaired) electrons. The van der Waals surface area contributed by atoms with Crippen molar-refractivity contribution in [3.05, 3.63) is 36.0 Å². The molecular weight excluding hydrogens is 328 g/mol. The molecule has 0 spiro atoms. The highest BCUT2D eigenvalue weighted by Crippen LogP contribution is 2.47. The van der Waals surface area contributed by atoms with Crippen molar-refractivity contribution >= 4 is 33.6 Å². The summed E-state index contributed by atoms with van der Waals surface area (Å²) in [7, 11) is 1.94. The van der Waals surface area contributed by atoms with Crippen LogP contribution in [0.25, 0.3) is 32.9 Å². The SMILES string of the molecule is CC1COc2c1c(-c1cccc3c1cnn3C)cc1nc(N)nc(N)c21. The third-order valence-corrected chi connectivity index (χ3v) is 5.08. The molecule has 0 fully saturated rings. The van der Waals surface area contributed by atoms with E-state index < -0.39 is 0 Å². The minimum absolute atomic E-state index is 0.159. The smallest absolute Gasteiger partial charge is 0.222 e. The molecule has 2 aromatic heterocycles. The molecule has 0 bridgehead atoms. The average Bonchev–Trinajstić information content (AvgIpc) is 3.17. The lowest BCUT2D eigenvalue weighted by Gasteiger charge is -2.14. The third-order valence-electron chi connectivity index (χ3n) is 5.08. The molecule has 0 saturated carbocycles. The first-order valence-electron chi connectivity index (χ1n) is 8.48. The van der Waals surface area contributed by atoms with Gasteiger partial charge >= 0.3 is 0 Å². The number of hydrogen-bond donors (Lipinski definition) is 2. The Balaban J connectivity index is 1.93. The van der Waals surface area contributed by atoms with Gasteiger partial charge in [0.05, 0.1) is 29.2 Å². The van der Waals surface area contributed by atoms with Gasteiger partial charge in [-0.25, -0.2) is 4.98 Å². The number of anilines is 2. The maximum absolute atomic E-state index is 6.13. The fraction of sp³-hybridized carbons (Fsp3) is 0.211. The zero-order chi connectivity index (χ0) is 18.0. The summed E-state index contributed by atoms with van der Waals surface area (Å²) in [6.45, 7) is 2.76. The number of nitrogens with two attached hydrogens (primary N) is 2. The van der Waals surface area contributed by atoms with Gasteiger partial charge in [0, 0.05) is 23.9 Å². The van der Waals surface area contributed by atoms with Crippen molar-refractivity contribution in [1.82, 2.24) is 19.7 Å². The summed E-state index contributed by atoms with van der Waals surface area (Å²) >= 11 is 0. The number of fused-ring (bicyclic) bond motifs is 4. The number of rotatable bonds is 1. The Bertz CT molecular complexity index is 1200. The van der Waals surface area contributed by atoms with E-state index in [-0.39, 0.29) is 11.9 Å². The van der Waals surface area contributed by atoms with Crippen molar-refractivity contribution in [2.45, 2.75) is 12.8 Å². The highest BCUT2D eigenvalue weighted by molar-refractivity contribution is 6.03. The summed E-state index contributed by atoms with van der Waals surface area (Å²) in [6.07, 6.45) is 1.89. The second-order valence-electron chi connectivity index (χ2n) is 6.75. The topological polar surface area (TPSA) is 105 Å². The first-order valence-corrected chi connectivity index (χ1v) is 8.48. The Morgan fingerprint density at radius 1 is 1.19 bits per heavy atom. The van der Waals surface area contributed by atoms with Crippen LogP contribution in [0.4, 0.5) is 11.8 Å². The lowest BCUT2D eigenvalue weighted by atomic mass is 9.89. The van der Waals surface area contributed by atoms with Gasteiger partial charge in [0.1, 0.15) is 11.6 Å². The Labute approximate surface area is 149 Å². The molecule has 0 amide bonds. The van der Waals surface area contributed by atoms with Crippen LogP contribution in [0, 0.1) is 0 Å². The van der Waals surface area contributed by atoms with E-state index in [1.807, 2.05) is 30.1 Å². The Kier molecular flexibility index (Phi) is 2.92. The molecule has 1 unspecified atom stereocenters. The van der Waals surface area contributed by atoms with Crippen LogP contribution in [0.2, 0.25) is 0 Å². The minimum atomic E-state index is 0.159. The number of ether oxygens (including phenoxy) is 1. The van der Waals surface area contributed by atoms with E-state index in [1.54, 1.807) is 0 Å². The van der Waals surface area contributed by atoms with Gasteiger partial charge in [-0.3, -0.25) is 4.68 Å². The van der Waals surface area contributed by atoms with Crippen LogP contribution < -0.4 is 16.2 Å². The van der Waals surface area contributed by atoms with Crippen LogP contribution in [-0.4, -0.2) is 26.4 Å². The van der Waals surface area contributed by atoms with Gasteiger partial charge in [-0.2, -0.15) is 10.1 Å². The minimum Gasteiger partial charge on any atom is -0.492 e. The van der Waals surface area contributed by atoms with Crippen LogP contribution in [-0.2, 0) is 7.05 Å². The summed E-state index contributed by atoms with van der Waals surface area (Å²) < 4.78 is 7.88. The molecule has 1 aliphatic rings. The molecule has 2 aromatic carbocycles. The summed E-state index contributed by atoms with van der Waals surface area (Å²) in [6, 6.07) is 8.24. The maximum Gasteiger partial charge on any atom is 0.222 e. The van der Waals surface area contributed by atoms with Crippen LogP contribution in [0.15, 0.2) is 30.5 Å². The van der Waals surface area contributed by atoms with Crippen LogP contribution >= 0.6 is 0 Å². The van der Waals surface area contributed by atoms with Crippen molar-refractivity contribution in [3.63, 3.8) is 0 Å². The molecule has 130 valence electrons. The predicted molar refractivity (Wildman–Crippen MR) is 102 cm³/mol. The Morgan fingerprint density at radius 3 is 2.88 bits per heavy atom. The van der Waals surface area contributed by atoms with Gasteiger partial charge in [0.2, 0.25) is 5.95 Å². The van der Waals surface area contributed by atoms with Crippen molar-refractivity contribution in [2.75, 3.05) is 18.1 Å². The first-order chi connectivity index (χ1) is 12.5. The molecule has 0 saturated heterocycles. The van der Waals surface area contributed by atoms with Gasteiger partial charge in [-0.15, -0.1) is 0 Å². The number of hydrogen-bond acceptors (Lipinski definition) is 6. The number of aromatic nitrogens is 4. The molecule has 1 atom stereocenters. The van der Waals surface area contributed by atoms with E-state index in [0.717, 1.165) is 38.7 Å². The van der Waals surface area contributed by atoms with E-state index >= 15 is 0 Å². The molecule has 4 N–H and O–H groups in total. The quantitative estimate of drug-likeness (QED) is 0.549. The van der Waals surface area contributed by atoms with Crippen LogP contribution in [0.1, 0.15) is 18.4 Å². The zero-order valence-electron chi connectivity index (χ0n) is 14.5. The van der Waals surface area contributed by atoms with Crippen molar-refractivity contribution in [1.29, 1.82) is 0 Å². The van der Waals surface area contributed by atoms with Gasteiger partial charge in [-0.05, 0) is 23.3 Å². The van der Waals surface area contributed by atoms with Crippen LogP contribution in [0.3, 0.4) is 0 Å².